The first-order chi connectivity index (χ1) is 8.02. The summed E-state index contributed by atoms with van der Waals surface area (Å²) in [6, 6.07) is 1.52. The first-order valence-electron chi connectivity index (χ1n) is 5.27. The van der Waals surface area contributed by atoms with Crippen LogP contribution in [0.25, 0.3) is 11.0 Å². The Morgan fingerprint density at radius 2 is 2.29 bits per heavy atom. The highest BCUT2D eigenvalue weighted by Gasteiger charge is 2.19. The van der Waals surface area contributed by atoms with Gasteiger partial charge in [0.1, 0.15) is 6.04 Å². The lowest BCUT2D eigenvalue weighted by atomic mass is 10.3. The SMILES string of the molecule is CC(C(=O)N(C)C)n1c(=S)[nH]c2cnccc21. The maximum Gasteiger partial charge on any atom is 0.244 e. The standard InChI is InChI=1S/C11H14N4OS/c1-7(10(16)14(2)3)15-9-4-5-12-6-8(9)13-11(15)17/h4-7H,1-3H3,(H,13,17). The molecule has 1 unspecified atom stereocenters. The molecule has 2 heterocycles. The quantitative estimate of drug-likeness (QED) is 0.826. The Kier molecular flexibility index (Phi) is 2.97. The number of nitrogens with zero attached hydrogens (tertiary/aromatic N) is 3. The van der Waals surface area contributed by atoms with Crippen molar-refractivity contribution in [3.63, 3.8) is 0 Å². The zero-order valence-corrected chi connectivity index (χ0v) is 10.8. The number of hydrogen-bond donors (Lipinski definition) is 1. The fourth-order valence-corrected chi connectivity index (χ4v) is 2.21. The van der Waals surface area contributed by atoms with E-state index in [1.165, 1.54) is 0 Å². The number of aromatic nitrogens is 3. The van der Waals surface area contributed by atoms with Crippen LogP contribution in [0.3, 0.4) is 0 Å². The van der Waals surface area contributed by atoms with E-state index in [1.54, 1.807) is 31.4 Å². The van der Waals surface area contributed by atoms with Crippen molar-refractivity contribution in [3.05, 3.63) is 23.2 Å². The molecule has 1 amide bonds. The summed E-state index contributed by atoms with van der Waals surface area (Å²) >= 11 is 5.24. The molecule has 0 radical (unpaired) electrons. The van der Waals surface area contributed by atoms with E-state index in [0.29, 0.717) is 4.77 Å². The topological polar surface area (TPSA) is 53.9 Å². The van der Waals surface area contributed by atoms with Crippen LogP contribution in [-0.4, -0.2) is 39.4 Å². The Morgan fingerprint density at radius 1 is 1.59 bits per heavy atom. The van der Waals surface area contributed by atoms with Gasteiger partial charge < -0.3 is 14.5 Å². The minimum absolute atomic E-state index is 0.0128. The molecule has 0 bridgehead atoms. The van der Waals surface area contributed by atoms with Gasteiger partial charge in [-0.15, -0.1) is 0 Å². The van der Waals surface area contributed by atoms with Crippen molar-refractivity contribution >= 4 is 29.2 Å². The Balaban J connectivity index is 2.59. The fraction of sp³-hybridized carbons (Fsp3) is 0.364. The van der Waals surface area contributed by atoms with Crippen LogP contribution in [0.2, 0.25) is 0 Å². The van der Waals surface area contributed by atoms with Crippen LogP contribution in [0.1, 0.15) is 13.0 Å². The number of likely N-dealkylation sites (N-methyl/N-ethyl adjacent to an activating group) is 1. The molecule has 5 nitrogen and oxygen atoms in total. The Hall–Kier alpha value is -1.69. The molecule has 0 spiro atoms. The molecule has 0 aliphatic heterocycles. The van der Waals surface area contributed by atoms with Crippen molar-refractivity contribution in [1.82, 2.24) is 19.4 Å². The highest BCUT2D eigenvalue weighted by atomic mass is 32.1. The Bertz CT molecular complexity index is 613. The van der Waals surface area contributed by atoms with Crippen molar-refractivity contribution in [2.24, 2.45) is 0 Å². The summed E-state index contributed by atoms with van der Waals surface area (Å²) in [6.07, 6.45) is 3.39. The summed E-state index contributed by atoms with van der Waals surface area (Å²) in [4.78, 5) is 20.6. The molecule has 0 saturated carbocycles. The highest BCUT2D eigenvalue weighted by molar-refractivity contribution is 7.71. The van der Waals surface area contributed by atoms with E-state index >= 15 is 0 Å². The van der Waals surface area contributed by atoms with Gasteiger partial charge in [-0.3, -0.25) is 9.78 Å². The van der Waals surface area contributed by atoms with E-state index in [-0.39, 0.29) is 11.9 Å². The predicted molar refractivity (Wildman–Crippen MR) is 68.3 cm³/mol. The van der Waals surface area contributed by atoms with E-state index in [0.717, 1.165) is 11.0 Å². The zero-order chi connectivity index (χ0) is 12.6. The molecule has 2 rings (SSSR count). The normalized spacial score (nSPS) is 12.6. The maximum atomic E-state index is 12.0. The van der Waals surface area contributed by atoms with Crippen molar-refractivity contribution in [1.29, 1.82) is 0 Å². The van der Waals surface area contributed by atoms with Gasteiger partial charge in [0, 0.05) is 20.3 Å². The first-order valence-corrected chi connectivity index (χ1v) is 5.68. The summed E-state index contributed by atoms with van der Waals surface area (Å²) in [6.45, 7) is 1.84. The Morgan fingerprint density at radius 3 is 2.94 bits per heavy atom. The van der Waals surface area contributed by atoms with Crippen molar-refractivity contribution in [3.8, 4) is 0 Å². The molecular weight excluding hydrogens is 236 g/mol. The van der Waals surface area contributed by atoms with Gasteiger partial charge in [0.2, 0.25) is 5.91 Å². The van der Waals surface area contributed by atoms with Gasteiger partial charge in [0.15, 0.2) is 4.77 Å². The number of pyridine rings is 1. The largest absolute Gasteiger partial charge is 0.347 e. The lowest BCUT2D eigenvalue weighted by molar-refractivity contribution is -0.131. The van der Waals surface area contributed by atoms with Gasteiger partial charge in [-0.25, -0.2) is 0 Å². The average molecular weight is 250 g/mol. The lowest BCUT2D eigenvalue weighted by Crippen LogP contribution is -2.29. The van der Waals surface area contributed by atoms with Gasteiger partial charge in [-0.05, 0) is 25.2 Å². The van der Waals surface area contributed by atoms with E-state index in [9.17, 15) is 4.79 Å². The number of nitrogens with one attached hydrogen (secondary N) is 1. The molecule has 6 heteroatoms. The summed E-state index contributed by atoms with van der Waals surface area (Å²) in [5.41, 5.74) is 1.74. The zero-order valence-electron chi connectivity index (χ0n) is 9.97. The summed E-state index contributed by atoms with van der Waals surface area (Å²) in [5.74, 6) is 0.0128. The van der Waals surface area contributed by atoms with E-state index < -0.39 is 0 Å². The number of imidazole rings is 1. The van der Waals surface area contributed by atoms with Gasteiger partial charge in [-0.1, -0.05) is 0 Å². The summed E-state index contributed by atoms with van der Waals surface area (Å²) in [5, 5.41) is 0. The minimum Gasteiger partial charge on any atom is -0.347 e. The first kappa shape index (κ1) is 11.8. The third-order valence-corrected chi connectivity index (χ3v) is 3.00. The molecule has 2 aromatic heterocycles. The second-order valence-electron chi connectivity index (χ2n) is 4.10. The fourth-order valence-electron chi connectivity index (χ4n) is 1.85. The monoisotopic (exact) mass is 250 g/mol. The number of carbonyl (C=O) groups excluding carboxylic acids is 1. The number of rotatable bonds is 2. The van der Waals surface area contributed by atoms with Crippen LogP contribution < -0.4 is 0 Å². The van der Waals surface area contributed by atoms with Gasteiger partial charge in [0.25, 0.3) is 0 Å². The van der Waals surface area contributed by atoms with Gasteiger partial charge in [0.05, 0.1) is 17.2 Å². The summed E-state index contributed by atoms with van der Waals surface area (Å²) in [7, 11) is 3.47. The molecule has 1 atom stereocenters. The molecule has 2 aromatic rings. The van der Waals surface area contributed by atoms with Gasteiger partial charge >= 0.3 is 0 Å². The van der Waals surface area contributed by atoms with Crippen LogP contribution in [0.15, 0.2) is 18.5 Å². The number of aromatic amines is 1. The molecule has 0 aliphatic rings. The number of hydrogen-bond acceptors (Lipinski definition) is 3. The third kappa shape index (κ3) is 1.95. The molecule has 1 N–H and O–H groups in total. The maximum absolute atomic E-state index is 12.0. The van der Waals surface area contributed by atoms with Crippen molar-refractivity contribution in [2.45, 2.75) is 13.0 Å². The Labute approximate surface area is 104 Å². The summed E-state index contributed by atoms with van der Waals surface area (Å²) < 4.78 is 2.35. The second-order valence-corrected chi connectivity index (χ2v) is 4.49. The van der Waals surface area contributed by atoms with Crippen LogP contribution in [-0.2, 0) is 4.79 Å². The van der Waals surface area contributed by atoms with Crippen molar-refractivity contribution < 1.29 is 4.79 Å². The van der Waals surface area contributed by atoms with Crippen LogP contribution in [0.4, 0.5) is 0 Å². The predicted octanol–water partition coefficient (Wildman–Crippen LogP) is 1.74. The number of H-pyrrole nitrogens is 1. The van der Waals surface area contributed by atoms with E-state index in [2.05, 4.69) is 9.97 Å². The highest BCUT2D eigenvalue weighted by Crippen LogP contribution is 2.19. The van der Waals surface area contributed by atoms with Crippen molar-refractivity contribution in [2.75, 3.05) is 14.1 Å². The minimum atomic E-state index is -0.325. The lowest BCUT2D eigenvalue weighted by Gasteiger charge is -2.18. The number of amides is 1. The van der Waals surface area contributed by atoms with E-state index in [1.807, 2.05) is 17.6 Å². The number of fused-ring (bicyclic) bond motifs is 1. The smallest absolute Gasteiger partial charge is 0.244 e. The van der Waals surface area contributed by atoms with E-state index in [4.69, 9.17) is 12.2 Å². The molecule has 0 saturated heterocycles. The molecular formula is C11H14N4OS. The number of carbonyl (C=O) groups is 1. The molecule has 90 valence electrons. The van der Waals surface area contributed by atoms with Crippen LogP contribution >= 0.6 is 12.2 Å². The molecule has 0 aliphatic carbocycles. The second kappa shape index (κ2) is 4.29. The molecule has 0 aromatic carbocycles. The molecule has 0 fully saturated rings. The van der Waals surface area contributed by atoms with Crippen LogP contribution in [0, 0.1) is 4.77 Å². The third-order valence-electron chi connectivity index (χ3n) is 2.70. The van der Waals surface area contributed by atoms with Gasteiger partial charge in [-0.2, -0.15) is 0 Å². The average Bonchev–Trinajstić information content (AvgIpc) is 2.62. The van der Waals surface area contributed by atoms with Crippen LogP contribution in [0.5, 0.6) is 0 Å². The molecule has 17 heavy (non-hydrogen) atoms.